The second kappa shape index (κ2) is 6.99. The van der Waals surface area contributed by atoms with Crippen molar-refractivity contribution in [2.45, 2.75) is 33.6 Å². The van der Waals surface area contributed by atoms with Crippen LogP contribution in [0, 0.1) is 11.3 Å². The van der Waals surface area contributed by atoms with E-state index in [4.69, 9.17) is 11.1 Å². The molecule has 0 saturated carbocycles. The van der Waals surface area contributed by atoms with Gasteiger partial charge in [0.25, 0.3) is 0 Å². The van der Waals surface area contributed by atoms with E-state index in [1.807, 2.05) is 12.1 Å². The molecule has 1 heterocycles. The van der Waals surface area contributed by atoms with Gasteiger partial charge in [-0.2, -0.15) is 0 Å². The summed E-state index contributed by atoms with van der Waals surface area (Å²) < 4.78 is 0. The minimum absolute atomic E-state index is 0.0843. The van der Waals surface area contributed by atoms with E-state index in [9.17, 15) is 0 Å². The van der Waals surface area contributed by atoms with E-state index in [-0.39, 0.29) is 5.84 Å². The summed E-state index contributed by atoms with van der Waals surface area (Å²) in [5, 5.41) is 7.63. The molecule has 0 bridgehead atoms. The van der Waals surface area contributed by atoms with Crippen LogP contribution in [0.25, 0.3) is 0 Å². The van der Waals surface area contributed by atoms with Crippen molar-refractivity contribution in [3.05, 3.63) is 23.9 Å². The molecular weight excluding hydrogens is 224 g/mol. The number of nitrogens with zero attached hydrogens (tertiary/aromatic N) is 2. The predicted octanol–water partition coefficient (Wildman–Crippen LogP) is 2.63. The molecule has 1 rings (SSSR count). The van der Waals surface area contributed by atoms with E-state index in [0.717, 1.165) is 37.3 Å². The van der Waals surface area contributed by atoms with Crippen LogP contribution in [0.5, 0.6) is 0 Å². The van der Waals surface area contributed by atoms with E-state index in [2.05, 4.69) is 30.7 Å². The minimum atomic E-state index is 0.0843. The molecule has 0 spiro atoms. The number of rotatable bonds is 7. The molecule has 18 heavy (non-hydrogen) atoms. The molecule has 0 aliphatic rings. The average molecular weight is 248 g/mol. The standard InChI is InChI=1S/C14H24N4/c1-4-11(5-2)10-18(6-3)14-12(13(15)16)8-7-9-17-14/h7-9,11H,4-6,10H2,1-3H3,(H3,15,16). The number of aromatic nitrogens is 1. The molecule has 4 nitrogen and oxygen atoms in total. The van der Waals surface area contributed by atoms with Gasteiger partial charge < -0.3 is 10.6 Å². The minimum Gasteiger partial charge on any atom is -0.384 e. The SMILES string of the molecule is CCC(CC)CN(CC)c1ncccc1C(=N)N. The number of nitrogen functional groups attached to an aromatic ring is 1. The molecule has 3 N–H and O–H groups in total. The van der Waals surface area contributed by atoms with Crippen LogP contribution < -0.4 is 10.6 Å². The Bertz CT molecular complexity index is 385. The summed E-state index contributed by atoms with van der Waals surface area (Å²) in [6, 6.07) is 3.69. The Hall–Kier alpha value is -1.58. The molecule has 0 aromatic carbocycles. The Morgan fingerprint density at radius 3 is 2.56 bits per heavy atom. The normalized spacial score (nSPS) is 10.7. The van der Waals surface area contributed by atoms with Crippen LogP contribution in [0.15, 0.2) is 18.3 Å². The van der Waals surface area contributed by atoms with Gasteiger partial charge in [-0.1, -0.05) is 26.7 Å². The number of hydrogen-bond donors (Lipinski definition) is 2. The number of amidine groups is 1. The number of nitrogens with two attached hydrogens (primary N) is 1. The van der Waals surface area contributed by atoms with Crippen LogP contribution in [0.4, 0.5) is 5.82 Å². The maximum absolute atomic E-state index is 7.63. The molecule has 0 unspecified atom stereocenters. The number of hydrogen-bond acceptors (Lipinski definition) is 3. The Balaban J connectivity index is 2.97. The smallest absolute Gasteiger partial charge is 0.139 e. The summed E-state index contributed by atoms with van der Waals surface area (Å²) in [7, 11) is 0. The number of anilines is 1. The fraction of sp³-hybridized carbons (Fsp3) is 0.571. The first-order valence-electron chi connectivity index (χ1n) is 6.68. The predicted molar refractivity (Wildman–Crippen MR) is 77.2 cm³/mol. The van der Waals surface area contributed by atoms with Crippen LogP contribution in [0.3, 0.4) is 0 Å². The molecular formula is C14H24N4. The lowest BCUT2D eigenvalue weighted by Crippen LogP contribution is -2.32. The van der Waals surface area contributed by atoms with Gasteiger partial charge in [0.15, 0.2) is 0 Å². The zero-order chi connectivity index (χ0) is 13.5. The molecule has 0 radical (unpaired) electrons. The van der Waals surface area contributed by atoms with Crippen LogP contribution in [0.1, 0.15) is 39.2 Å². The van der Waals surface area contributed by atoms with Crippen molar-refractivity contribution in [2.75, 3.05) is 18.0 Å². The molecule has 4 heteroatoms. The first-order valence-corrected chi connectivity index (χ1v) is 6.68. The summed E-state index contributed by atoms with van der Waals surface area (Å²) in [5.74, 6) is 1.58. The molecule has 0 aliphatic carbocycles. The second-order valence-electron chi connectivity index (χ2n) is 4.51. The van der Waals surface area contributed by atoms with Crippen molar-refractivity contribution < 1.29 is 0 Å². The molecule has 1 aromatic heterocycles. The van der Waals surface area contributed by atoms with E-state index in [0.29, 0.717) is 5.92 Å². The van der Waals surface area contributed by atoms with E-state index in [1.54, 1.807) is 6.20 Å². The van der Waals surface area contributed by atoms with Crippen molar-refractivity contribution in [3.63, 3.8) is 0 Å². The van der Waals surface area contributed by atoms with E-state index in [1.165, 1.54) is 0 Å². The van der Waals surface area contributed by atoms with Crippen molar-refractivity contribution in [2.24, 2.45) is 11.7 Å². The zero-order valence-corrected chi connectivity index (χ0v) is 11.6. The molecule has 0 amide bonds. The summed E-state index contributed by atoms with van der Waals surface area (Å²) in [6.45, 7) is 8.40. The number of nitrogens with one attached hydrogen (secondary N) is 1. The fourth-order valence-corrected chi connectivity index (χ4v) is 2.08. The third-order valence-electron chi connectivity index (χ3n) is 3.39. The largest absolute Gasteiger partial charge is 0.384 e. The van der Waals surface area contributed by atoms with Gasteiger partial charge >= 0.3 is 0 Å². The summed E-state index contributed by atoms with van der Waals surface area (Å²) in [5.41, 5.74) is 6.35. The maximum Gasteiger partial charge on any atom is 0.139 e. The third kappa shape index (κ3) is 3.45. The van der Waals surface area contributed by atoms with E-state index < -0.39 is 0 Å². The van der Waals surface area contributed by atoms with Crippen molar-refractivity contribution >= 4 is 11.7 Å². The Labute approximate surface area is 110 Å². The molecule has 1 aromatic rings. The monoisotopic (exact) mass is 248 g/mol. The highest BCUT2D eigenvalue weighted by molar-refractivity contribution is 5.99. The lowest BCUT2D eigenvalue weighted by atomic mass is 10.0. The maximum atomic E-state index is 7.63. The Morgan fingerprint density at radius 2 is 2.06 bits per heavy atom. The van der Waals surface area contributed by atoms with Gasteiger partial charge in [-0.3, -0.25) is 5.41 Å². The van der Waals surface area contributed by atoms with Gasteiger partial charge in [-0.25, -0.2) is 4.98 Å². The van der Waals surface area contributed by atoms with Crippen molar-refractivity contribution in [3.8, 4) is 0 Å². The number of pyridine rings is 1. The zero-order valence-electron chi connectivity index (χ0n) is 11.6. The van der Waals surface area contributed by atoms with Crippen LogP contribution in [-0.2, 0) is 0 Å². The van der Waals surface area contributed by atoms with Crippen LogP contribution in [-0.4, -0.2) is 23.9 Å². The quantitative estimate of drug-likeness (QED) is 0.576. The van der Waals surface area contributed by atoms with Gasteiger partial charge in [0.2, 0.25) is 0 Å². The fourth-order valence-electron chi connectivity index (χ4n) is 2.08. The topological polar surface area (TPSA) is 66.0 Å². The first kappa shape index (κ1) is 14.5. The Kier molecular flexibility index (Phi) is 5.62. The molecule has 0 atom stereocenters. The second-order valence-corrected chi connectivity index (χ2v) is 4.51. The third-order valence-corrected chi connectivity index (χ3v) is 3.39. The Morgan fingerprint density at radius 1 is 1.39 bits per heavy atom. The molecule has 100 valence electrons. The van der Waals surface area contributed by atoms with Crippen molar-refractivity contribution in [1.29, 1.82) is 5.41 Å². The van der Waals surface area contributed by atoms with E-state index >= 15 is 0 Å². The summed E-state index contributed by atoms with van der Waals surface area (Å²) in [6.07, 6.45) is 4.09. The van der Waals surface area contributed by atoms with Gasteiger partial charge in [-0.15, -0.1) is 0 Å². The molecule has 0 fully saturated rings. The lowest BCUT2D eigenvalue weighted by molar-refractivity contribution is 0.484. The van der Waals surface area contributed by atoms with Crippen molar-refractivity contribution in [1.82, 2.24) is 4.98 Å². The van der Waals surface area contributed by atoms with Gasteiger partial charge in [0.1, 0.15) is 11.7 Å². The highest BCUT2D eigenvalue weighted by Gasteiger charge is 2.15. The van der Waals surface area contributed by atoms with Crippen LogP contribution >= 0.6 is 0 Å². The van der Waals surface area contributed by atoms with Crippen LogP contribution in [0.2, 0.25) is 0 Å². The summed E-state index contributed by atoms with van der Waals surface area (Å²) >= 11 is 0. The average Bonchev–Trinajstić information content (AvgIpc) is 2.40. The molecule has 0 aliphatic heterocycles. The van der Waals surface area contributed by atoms with Gasteiger partial charge in [0.05, 0.1) is 5.56 Å². The highest BCUT2D eigenvalue weighted by atomic mass is 15.2. The summed E-state index contributed by atoms with van der Waals surface area (Å²) in [4.78, 5) is 6.61. The van der Waals surface area contributed by atoms with Gasteiger partial charge in [0, 0.05) is 19.3 Å². The first-order chi connectivity index (χ1) is 8.63. The highest BCUT2D eigenvalue weighted by Crippen LogP contribution is 2.19. The lowest BCUT2D eigenvalue weighted by Gasteiger charge is -2.27. The molecule has 0 saturated heterocycles. The van der Waals surface area contributed by atoms with Gasteiger partial charge in [-0.05, 0) is 25.0 Å².